The quantitative estimate of drug-likeness (QED) is 0.0139. The number of likely N-dealkylation sites (tertiary alicyclic amines) is 3. The molecule has 6 N–H and O–H groups in total. The number of amidine groups is 3. The molecule has 3 aromatic heterocycles. The number of carbonyl (C=O) groups is 6. The predicted octanol–water partition coefficient (Wildman–Crippen LogP) is 12.6. The summed E-state index contributed by atoms with van der Waals surface area (Å²) in [4.78, 5) is 106. The van der Waals surface area contributed by atoms with Gasteiger partial charge in [-0.2, -0.15) is 0 Å². The van der Waals surface area contributed by atoms with E-state index in [1.165, 1.54) is 117 Å². The fraction of sp³-hybridized carbons (Fsp3) is 0.447. The lowest BCUT2D eigenvalue weighted by Gasteiger charge is -2.40. The Hall–Kier alpha value is -7.89. The maximum Gasteiger partial charge on any atom is 0.338 e. The van der Waals surface area contributed by atoms with Crippen LogP contribution in [0.25, 0.3) is 0 Å². The SMILES string of the molecule is CCOC(=O)C1=C(CN2CCC(CN(C)CC(=O)O)C(F)(F)C2)NC(c2nccs2)=N[C@H]1c1ccc(F)cc1Cl.CCOC(=O)C1=C(CN2CCC(CSCC(=O)O)C(F)C2)NC(c2nccs2)=N[C@H]1c1ccc(F)cc1Br.CCOC(=O)C1=C(CN2CCC(CSCC(=O)O)C(F)C2)NC(c2nccs2)=N[C@H]1c1ccc(F)cc1Cl. The van der Waals surface area contributed by atoms with Crippen LogP contribution in [0.1, 0.15) is 89.9 Å². The van der Waals surface area contributed by atoms with Gasteiger partial charge in [0.25, 0.3) is 5.92 Å². The second-order valence-corrected chi connectivity index (χ2v) is 33.7. The van der Waals surface area contributed by atoms with Crippen LogP contribution in [0.15, 0.2) is 143 Å². The second kappa shape index (κ2) is 42.7. The number of carbonyl (C=O) groups excluding carboxylic acids is 3. The van der Waals surface area contributed by atoms with Gasteiger partial charge in [-0.05, 0) is 120 Å². The number of piperidine rings is 3. The predicted molar refractivity (Wildman–Crippen MR) is 435 cm³/mol. The number of nitrogens with one attached hydrogen (secondary N) is 3. The van der Waals surface area contributed by atoms with E-state index < -0.39 is 102 Å². The highest BCUT2D eigenvalue weighted by Crippen LogP contribution is 2.43. The number of likely N-dealkylation sites (N-methyl/N-ethyl adjacent to an activating group) is 1. The lowest BCUT2D eigenvalue weighted by molar-refractivity contribution is -0.141. The number of ether oxygens (including phenoxy) is 3. The summed E-state index contributed by atoms with van der Waals surface area (Å²) in [5.41, 5.74) is 3.26. The molecule has 3 saturated heterocycles. The maximum atomic E-state index is 15.3. The topological polar surface area (TPSA) is 316 Å². The third-order valence-corrected chi connectivity index (χ3v) is 25.0. The average molecular weight is 1810 g/mol. The summed E-state index contributed by atoms with van der Waals surface area (Å²) in [6.07, 6.45) is 3.84. The van der Waals surface area contributed by atoms with Crippen molar-refractivity contribution in [3.63, 3.8) is 0 Å². The van der Waals surface area contributed by atoms with Gasteiger partial charge in [0.05, 0.1) is 61.1 Å². The molecule has 116 heavy (non-hydrogen) atoms. The van der Waals surface area contributed by atoms with Gasteiger partial charge in [0.15, 0.2) is 32.5 Å². The molecule has 3 fully saturated rings. The van der Waals surface area contributed by atoms with E-state index in [0.29, 0.717) is 108 Å². The number of hydrogen-bond acceptors (Lipinski definition) is 27. The number of thiazole rings is 3. The fourth-order valence-electron chi connectivity index (χ4n) is 13.7. The van der Waals surface area contributed by atoms with Gasteiger partial charge in [-0.25, -0.2) is 60.1 Å². The van der Waals surface area contributed by atoms with Gasteiger partial charge in [0.1, 0.15) is 47.9 Å². The molecule has 0 bridgehead atoms. The number of aliphatic imine (C=N–C) groups is 3. The van der Waals surface area contributed by atoms with Crippen molar-refractivity contribution in [2.24, 2.45) is 32.7 Å². The summed E-state index contributed by atoms with van der Waals surface area (Å²) in [6.45, 7) is 6.52. The Balaban J connectivity index is 0.000000184. The Bertz CT molecular complexity index is 4490. The number of rotatable bonds is 30. The first kappa shape index (κ1) is 90.4. The van der Waals surface area contributed by atoms with E-state index in [9.17, 15) is 41.9 Å². The average Bonchev–Trinajstić information content (AvgIpc) is 0.993. The molecule has 40 heteroatoms. The zero-order valence-corrected chi connectivity index (χ0v) is 70.1. The molecular formula is C76H83BrCl2F7N13O12S5. The van der Waals surface area contributed by atoms with Crippen molar-refractivity contribution in [3.8, 4) is 0 Å². The summed E-state index contributed by atoms with van der Waals surface area (Å²) < 4.78 is 119. The molecule has 0 spiro atoms. The smallest absolute Gasteiger partial charge is 0.338 e. The highest BCUT2D eigenvalue weighted by atomic mass is 79.9. The standard InChI is InChI=1S/C26H29ClF3N5O4S.C25H27BrF2N4O4S2.C25H27ClF2N4O4S2/c1-3-39-25(38)21-19(12-35-8-6-15(26(29,30)14-35)11-34(2)13-20(36)37)32-23(24-31-7-9-40-24)33-22(21)17-5-4-16(28)10-18(17)27;2*1-2-36-25(35)21-19(11-32-7-5-14(18(28)10-32)12-37-13-20(33)34)30-23(24-29-6-8-38-24)31-22(21)16-4-3-15(27)9-17(16)26/h4-5,7,9-10,15,22H,3,6,8,11-14H2,1-2H3,(H,32,33)(H,36,37);2*3-4,6,8-9,14,18,22H,2,5,7,10-13H2,1H3,(H,30,31)(H,33,34)/t15?,22-;2*14?,18?,22-/m000/s1. The summed E-state index contributed by atoms with van der Waals surface area (Å²) in [6, 6.07) is 9.19. The minimum Gasteiger partial charge on any atom is -0.481 e. The molecule has 6 aromatic rings. The number of carboxylic acid groups (broad SMARTS) is 3. The molecular weight excluding hydrogens is 1730 g/mol. The van der Waals surface area contributed by atoms with E-state index >= 15 is 17.6 Å². The van der Waals surface area contributed by atoms with Gasteiger partial charge in [0.2, 0.25) is 0 Å². The first-order valence-corrected chi connectivity index (χ1v) is 43.1. The Morgan fingerprint density at radius 3 is 1.28 bits per heavy atom. The number of alkyl halides is 4. The van der Waals surface area contributed by atoms with Crippen molar-refractivity contribution in [2.75, 3.05) is 122 Å². The molecule has 3 aromatic carbocycles. The lowest BCUT2D eigenvalue weighted by Crippen LogP contribution is -2.53. The van der Waals surface area contributed by atoms with Crippen LogP contribution in [0.4, 0.5) is 30.7 Å². The first-order valence-electron chi connectivity index (χ1n) is 36.6. The van der Waals surface area contributed by atoms with Crippen molar-refractivity contribution in [1.82, 2.24) is 50.5 Å². The Morgan fingerprint density at radius 2 is 0.940 bits per heavy atom. The Kier molecular flexibility index (Phi) is 33.3. The van der Waals surface area contributed by atoms with E-state index in [4.69, 9.17) is 62.7 Å². The van der Waals surface area contributed by atoms with Crippen molar-refractivity contribution < 1.29 is 89.0 Å². The number of aromatic nitrogens is 3. The minimum absolute atomic E-state index is 0.0492. The molecule has 0 saturated carbocycles. The largest absolute Gasteiger partial charge is 0.481 e. The number of halogens is 10. The van der Waals surface area contributed by atoms with Gasteiger partial charge < -0.3 is 45.5 Å². The second-order valence-electron chi connectivity index (χ2n) is 27.3. The van der Waals surface area contributed by atoms with E-state index in [2.05, 4.69) is 51.8 Å². The van der Waals surface area contributed by atoms with E-state index in [1.54, 1.807) is 56.2 Å². The third-order valence-electron chi connectivity index (χ3n) is 19.1. The van der Waals surface area contributed by atoms with Gasteiger partial charge in [-0.3, -0.25) is 49.0 Å². The number of aliphatic carboxylic acids is 3. The summed E-state index contributed by atoms with van der Waals surface area (Å²) in [7, 11) is 1.50. The number of thioether (sulfide) groups is 2. The number of benzene rings is 3. The maximum absolute atomic E-state index is 15.3. The van der Waals surface area contributed by atoms with Crippen molar-refractivity contribution in [2.45, 2.75) is 76.4 Å². The molecule has 5 unspecified atom stereocenters. The van der Waals surface area contributed by atoms with Crippen molar-refractivity contribution in [3.05, 3.63) is 187 Å². The monoisotopic (exact) mass is 1810 g/mol. The van der Waals surface area contributed by atoms with Crippen molar-refractivity contribution in [1.29, 1.82) is 0 Å². The summed E-state index contributed by atoms with van der Waals surface area (Å²) in [5, 5.41) is 43.5. The van der Waals surface area contributed by atoms with Gasteiger partial charge in [0, 0.05) is 134 Å². The zero-order chi connectivity index (χ0) is 83.5. The van der Waals surface area contributed by atoms with Gasteiger partial charge in [-0.1, -0.05) is 57.3 Å². The molecule has 6 aliphatic rings. The molecule has 9 heterocycles. The van der Waals surface area contributed by atoms with Crippen LogP contribution in [0.3, 0.4) is 0 Å². The highest BCUT2D eigenvalue weighted by Gasteiger charge is 2.47. The molecule has 0 aliphatic carbocycles. The van der Waals surface area contributed by atoms with E-state index in [-0.39, 0.29) is 129 Å². The number of carboxylic acids is 3. The minimum atomic E-state index is -3.10. The number of nitrogens with zero attached hydrogens (tertiary/aromatic N) is 10. The van der Waals surface area contributed by atoms with Crippen LogP contribution in [0.2, 0.25) is 10.0 Å². The van der Waals surface area contributed by atoms with Crippen molar-refractivity contribution >= 4 is 150 Å². The molecule has 12 rings (SSSR count). The number of esters is 3. The normalized spacial score (nSPS) is 21.8. The van der Waals surface area contributed by atoms with Crippen LogP contribution in [0, 0.1) is 35.2 Å². The number of hydrogen-bond donors (Lipinski definition) is 6. The van der Waals surface area contributed by atoms with Crippen LogP contribution >= 0.6 is 96.7 Å². The van der Waals surface area contributed by atoms with E-state index in [1.807, 2.05) is 15.2 Å². The molecule has 0 amide bonds. The lowest BCUT2D eigenvalue weighted by atomic mass is 9.91. The summed E-state index contributed by atoms with van der Waals surface area (Å²) >= 11 is 22.7. The van der Waals surface area contributed by atoms with E-state index in [0.717, 1.165) is 6.07 Å². The van der Waals surface area contributed by atoms with Crippen LogP contribution in [0.5, 0.6) is 0 Å². The molecule has 624 valence electrons. The molecule has 25 nitrogen and oxygen atoms in total. The third kappa shape index (κ3) is 24.4. The van der Waals surface area contributed by atoms with Crippen LogP contribution in [-0.4, -0.2) is 243 Å². The van der Waals surface area contributed by atoms with Crippen LogP contribution in [-0.2, 0) is 43.0 Å². The fourth-order valence-corrected chi connectivity index (χ4v) is 18.6. The molecule has 0 radical (unpaired) electrons. The zero-order valence-electron chi connectivity index (χ0n) is 62.9. The summed E-state index contributed by atoms with van der Waals surface area (Å²) in [5.74, 6) is -8.92. The Labute approximate surface area is 702 Å². The van der Waals surface area contributed by atoms with Gasteiger partial charge in [-0.15, -0.1) is 57.5 Å². The Morgan fingerprint density at radius 1 is 0.569 bits per heavy atom. The first-order chi connectivity index (χ1) is 55.5. The molecule has 8 atom stereocenters. The van der Waals surface area contributed by atoms with Gasteiger partial charge >= 0.3 is 35.8 Å². The van der Waals surface area contributed by atoms with Crippen LogP contribution < -0.4 is 16.0 Å². The molecule has 6 aliphatic heterocycles. The highest BCUT2D eigenvalue weighted by molar-refractivity contribution is 9.10.